The molecule has 7 nitrogen and oxygen atoms in total. The largest absolute Gasteiger partial charge is 0.465 e. The third-order valence-electron chi connectivity index (χ3n) is 3.69. The predicted molar refractivity (Wildman–Crippen MR) is 111 cm³/mol. The molecular weight excluding hydrogens is 386 g/mol. The quantitative estimate of drug-likeness (QED) is 0.438. The Labute approximate surface area is 175 Å². The average Bonchev–Trinajstić information content (AvgIpc) is 2.70. The zero-order valence-electron chi connectivity index (χ0n) is 17.4. The van der Waals surface area contributed by atoms with Gasteiger partial charge in [0.05, 0.1) is 12.7 Å². The smallest absolute Gasteiger partial charge is 0.412 e. The lowest BCUT2D eigenvalue weighted by Crippen LogP contribution is -2.34. The van der Waals surface area contributed by atoms with E-state index in [2.05, 4.69) is 5.32 Å². The molecule has 0 bridgehead atoms. The molecule has 0 aliphatic heterocycles. The minimum Gasteiger partial charge on any atom is -0.465 e. The van der Waals surface area contributed by atoms with E-state index in [0.717, 1.165) is 5.56 Å². The molecule has 0 atom stereocenters. The van der Waals surface area contributed by atoms with Gasteiger partial charge in [0.15, 0.2) is 0 Å². The van der Waals surface area contributed by atoms with E-state index in [0.29, 0.717) is 11.1 Å². The first-order valence-corrected chi connectivity index (χ1v) is 9.29. The molecule has 0 aliphatic carbocycles. The molecule has 0 saturated heterocycles. The van der Waals surface area contributed by atoms with Crippen molar-refractivity contribution in [1.29, 1.82) is 0 Å². The highest BCUT2D eigenvalue weighted by atomic mass is 16.6. The summed E-state index contributed by atoms with van der Waals surface area (Å²) < 4.78 is 15.3. The van der Waals surface area contributed by atoms with Crippen molar-refractivity contribution in [2.75, 3.05) is 7.11 Å². The summed E-state index contributed by atoms with van der Waals surface area (Å²) in [5, 5.41) is 2.43. The summed E-state index contributed by atoms with van der Waals surface area (Å²) in [6.07, 6.45) is 0.610. The first-order valence-electron chi connectivity index (χ1n) is 9.29. The predicted octanol–water partition coefficient (Wildman–Crippen LogP) is 4.08. The van der Waals surface area contributed by atoms with Crippen LogP contribution in [0.2, 0.25) is 0 Å². The van der Waals surface area contributed by atoms with Crippen molar-refractivity contribution >= 4 is 24.1 Å². The Morgan fingerprint density at radius 2 is 1.70 bits per heavy atom. The van der Waals surface area contributed by atoms with Gasteiger partial charge in [0, 0.05) is 0 Å². The van der Waals surface area contributed by atoms with Gasteiger partial charge in [-0.05, 0) is 50.1 Å². The standard InChI is InChI=1S/C23H25NO6/c1-23(2,3)30-22(27)24-19(21(26)29-15-16-9-6-5-7-10-16)14-17-11-8-12-18(13-17)20(25)28-4/h5-14H,15H2,1-4H3,(H,24,27)/b19-14+. The number of hydrogen-bond acceptors (Lipinski definition) is 6. The van der Waals surface area contributed by atoms with E-state index in [-0.39, 0.29) is 12.3 Å². The summed E-state index contributed by atoms with van der Waals surface area (Å²) in [5.41, 5.74) is 0.743. The zero-order valence-corrected chi connectivity index (χ0v) is 17.4. The van der Waals surface area contributed by atoms with Crippen LogP contribution < -0.4 is 5.32 Å². The summed E-state index contributed by atoms with van der Waals surface area (Å²) in [5.74, 6) is -1.26. The van der Waals surface area contributed by atoms with Crippen LogP contribution in [0.5, 0.6) is 0 Å². The number of carbonyl (C=O) groups excluding carboxylic acids is 3. The van der Waals surface area contributed by atoms with Crippen LogP contribution in [0.1, 0.15) is 42.3 Å². The Kier molecular flexibility index (Phi) is 7.75. The topological polar surface area (TPSA) is 90.9 Å². The molecule has 0 aromatic heterocycles. The number of benzene rings is 2. The zero-order chi connectivity index (χ0) is 22.1. The van der Waals surface area contributed by atoms with Crippen LogP contribution in [0, 0.1) is 0 Å². The molecule has 2 aromatic rings. The fourth-order valence-corrected chi connectivity index (χ4v) is 2.40. The number of esters is 2. The molecule has 158 valence electrons. The molecule has 7 heteroatoms. The minimum atomic E-state index is -0.797. The molecular formula is C23H25NO6. The van der Waals surface area contributed by atoms with Crippen molar-refractivity contribution in [3.05, 3.63) is 77.0 Å². The summed E-state index contributed by atoms with van der Waals surface area (Å²) in [6, 6.07) is 15.6. The van der Waals surface area contributed by atoms with Crippen LogP contribution in [0.3, 0.4) is 0 Å². The van der Waals surface area contributed by atoms with Crippen molar-refractivity contribution in [3.63, 3.8) is 0 Å². The lowest BCUT2D eigenvalue weighted by molar-refractivity contribution is -0.140. The maximum Gasteiger partial charge on any atom is 0.412 e. The lowest BCUT2D eigenvalue weighted by Gasteiger charge is -2.20. The Hall–Kier alpha value is -3.61. The third-order valence-corrected chi connectivity index (χ3v) is 3.69. The molecule has 0 heterocycles. The van der Waals surface area contributed by atoms with Crippen LogP contribution in [-0.4, -0.2) is 30.7 Å². The molecule has 1 amide bonds. The maximum absolute atomic E-state index is 12.6. The van der Waals surface area contributed by atoms with Gasteiger partial charge in [0.25, 0.3) is 0 Å². The van der Waals surface area contributed by atoms with Crippen molar-refractivity contribution in [2.45, 2.75) is 33.0 Å². The summed E-state index contributed by atoms with van der Waals surface area (Å²) in [7, 11) is 1.28. The fourth-order valence-electron chi connectivity index (χ4n) is 2.40. The number of methoxy groups -OCH3 is 1. The van der Waals surface area contributed by atoms with Gasteiger partial charge in [-0.2, -0.15) is 0 Å². The Morgan fingerprint density at radius 3 is 2.33 bits per heavy atom. The highest BCUT2D eigenvalue weighted by Crippen LogP contribution is 2.13. The number of rotatable bonds is 6. The molecule has 2 aromatic carbocycles. The summed E-state index contributed by atoms with van der Waals surface area (Å²) in [4.78, 5) is 36.6. The third kappa shape index (κ3) is 7.43. The SMILES string of the molecule is COC(=O)c1cccc(/C=C(/NC(=O)OC(C)(C)C)C(=O)OCc2ccccc2)c1. The van der Waals surface area contributed by atoms with E-state index in [1.54, 1.807) is 39.0 Å². The first kappa shape index (κ1) is 22.7. The van der Waals surface area contributed by atoms with E-state index in [9.17, 15) is 14.4 Å². The van der Waals surface area contributed by atoms with Gasteiger partial charge < -0.3 is 14.2 Å². The summed E-state index contributed by atoms with van der Waals surface area (Å²) >= 11 is 0. The average molecular weight is 411 g/mol. The fraction of sp³-hybridized carbons (Fsp3) is 0.261. The second-order valence-corrected chi connectivity index (χ2v) is 7.36. The number of ether oxygens (including phenoxy) is 3. The van der Waals surface area contributed by atoms with E-state index in [4.69, 9.17) is 14.2 Å². The number of nitrogens with one attached hydrogen (secondary N) is 1. The van der Waals surface area contributed by atoms with Crippen LogP contribution in [0.15, 0.2) is 60.3 Å². The van der Waals surface area contributed by atoms with E-state index >= 15 is 0 Å². The van der Waals surface area contributed by atoms with Gasteiger partial charge in [-0.15, -0.1) is 0 Å². The number of alkyl carbamates (subject to hydrolysis) is 1. The van der Waals surface area contributed by atoms with Gasteiger partial charge >= 0.3 is 18.0 Å². The second-order valence-electron chi connectivity index (χ2n) is 7.36. The van der Waals surface area contributed by atoms with Crippen LogP contribution in [0.25, 0.3) is 6.08 Å². The van der Waals surface area contributed by atoms with Crippen molar-refractivity contribution in [3.8, 4) is 0 Å². The number of carbonyl (C=O) groups is 3. The Morgan fingerprint density at radius 1 is 1.00 bits per heavy atom. The minimum absolute atomic E-state index is 0.0369. The molecule has 0 unspecified atom stereocenters. The van der Waals surface area contributed by atoms with Crippen molar-refractivity contribution in [2.24, 2.45) is 0 Å². The van der Waals surface area contributed by atoms with E-state index < -0.39 is 23.6 Å². The molecule has 0 saturated carbocycles. The molecule has 1 N–H and O–H groups in total. The first-order chi connectivity index (χ1) is 14.2. The van der Waals surface area contributed by atoms with E-state index in [1.807, 2.05) is 30.3 Å². The molecule has 0 aliphatic rings. The maximum atomic E-state index is 12.6. The molecule has 2 rings (SSSR count). The van der Waals surface area contributed by atoms with Crippen LogP contribution >= 0.6 is 0 Å². The van der Waals surface area contributed by atoms with Crippen molar-refractivity contribution in [1.82, 2.24) is 5.32 Å². The summed E-state index contributed by atoms with van der Waals surface area (Å²) in [6.45, 7) is 5.17. The highest BCUT2D eigenvalue weighted by Gasteiger charge is 2.21. The Bertz CT molecular complexity index is 928. The van der Waals surface area contributed by atoms with Gasteiger partial charge in [-0.25, -0.2) is 14.4 Å². The number of amides is 1. The molecule has 0 radical (unpaired) electrons. The monoisotopic (exact) mass is 411 g/mol. The highest BCUT2D eigenvalue weighted by molar-refractivity contribution is 5.97. The second kappa shape index (κ2) is 10.2. The van der Waals surface area contributed by atoms with Gasteiger partial charge in [0.2, 0.25) is 0 Å². The Balaban J connectivity index is 2.25. The van der Waals surface area contributed by atoms with Gasteiger partial charge in [0.1, 0.15) is 17.9 Å². The van der Waals surface area contributed by atoms with Crippen LogP contribution in [-0.2, 0) is 25.6 Å². The lowest BCUT2D eigenvalue weighted by atomic mass is 10.1. The van der Waals surface area contributed by atoms with E-state index in [1.165, 1.54) is 19.3 Å². The molecule has 0 spiro atoms. The molecule has 0 fully saturated rings. The van der Waals surface area contributed by atoms with Gasteiger partial charge in [-0.3, -0.25) is 5.32 Å². The van der Waals surface area contributed by atoms with Gasteiger partial charge in [-0.1, -0.05) is 42.5 Å². The molecule has 30 heavy (non-hydrogen) atoms. The van der Waals surface area contributed by atoms with Crippen molar-refractivity contribution < 1.29 is 28.6 Å². The normalized spacial score (nSPS) is 11.4. The number of hydrogen-bond donors (Lipinski definition) is 1. The van der Waals surface area contributed by atoms with Crippen LogP contribution in [0.4, 0.5) is 4.79 Å².